The highest BCUT2D eigenvalue weighted by Gasteiger charge is 2.17. The summed E-state index contributed by atoms with van der Waals surface area (Å²) in [6, 6.07) is 9.20. The standard InChI is InChI=1S/C21H23ClN8O/c1-3-19(31)24-14-6-4-7-15(10-14)25-20-17(22)12-23-21(27-20)26-18-11-16(29(2)28-18)13-30-8-5-9-30/h3-4,6-7,10-12H,1,5,8-9,13H2,2H3,(H,24,31)(H2,23,25,26,27,28). The second kappa shape index (κ2) is 9.15. The Hall–Kier alpha value is -3.43. The van der Waals surface area contributed by atoms with E-state index < -0.39 is 0 Å². The van der Waals surface area contributed by atoms with Crippen molar-refractivity contribution in [3.63, 3.8) is 0 Å². The van der Waals surface area contributed by atoms with Gasteiger partial charge in [0.2, 0.25) is 11.9 Å². The predicted molar refractivity (Wildman–Crippen MR) is 122 cm³/mol. The lowest BCUT2D eigenvalue weighted by molar-refractivity contribution is -0.111. The number of benzene rings is 1. The number of likely N-dealkylation sites (tertiary alicyclic amines) is 1. The fraction of sp³-hybridized carbons (Fsp3) is 0.238. The van der Waals surface area contributed by atoms with Gasteiger partial charge in [0, 0.05) is 31.0 Å². The molecule has 1 aliphatic heterocycles. The number of anilines is 5. The van der Waals surface area contributed by atoms with Gasteiger partial charge in [-0.1, -0.05) is 24.2 Å². The molecule has 1 aliphatic rings. The van der Waals surface area contributed by atoms with Gasteiger partial charge >= 0.3 is 0 Å². The summed E-state index contributed by atoms with van der Waals surface area (Å²) in [5.41, 5.74) is 2.46. The Morgan fingerprint density at radius 1 is 1.26 bits per heavy atom. The fourth-order valence-corrected chi connectivity index (χ4v) is 3.26. The predicted octanol–water partition coefficient (Wildman–Crippen LogP) is 3.68. The summed E-state index contributed by atoms with van der Waals surface area (Å²) in [6.07, 6.45) is 3.99. The van der Waals surface area contributed by atoms with Crippen LogP contribution in [0.15, 0.2) is 49.2 Å². The molecule has 2 aromatic heterocycles. The largest absolute Gasteiger partial charge is 0.339 e. The van der Waals surface area contributed by atoms with E-state index in [0.717, 1.165) is 25.3 Å². The number of aromatic nitrogens is 4. The van der Waals surface area contributed by atoms with Crippen LogP contribution in [0.2, 0.25) is 5.02 Å². The average molecular weight is 439 g/mol. The van der Waals surface area contributed by atoms with Crippen LogP contribution in [-0.4, -0.2) is 43.6 Å². The molecule has 0 aliphatic carbocycles. The SMILES string of the molecule is C=CC(=O)Nc1cccc(Nc2nc(Nc3cc(CN4CCC4)n(C)n3)ncc2Cl)c1. The zero-order chi connectivity index (χ0) is 21.8. The van der Waals surface area contributed by atoms with E-state index in [-0.39, 0.29) is 5.91 Å². The van der Waals surface area contributed by atoms with Crippen LogP contribution in [-0.2, 0) is 18.4 Å². The van der Waals surface area contributed by atoms with Crippen LogP contribution in [0.4, 0.5) is 29.0 Å². The lowest BCUT2D eigenvalue weighted by Gasteiger charge is -2.30. The molecule has 3 heterocycles. The third kappa shape index (κ3) is 5.19. The molecule has 1 amide bonds. The number of carbonyl (C=O) groups is 1. The number of hydrogen-bond donors (Lipinski definition) is 3. The quantitative estimate of drug-likeness (QED) is 0.461. The maximum Gasteiger partial charge on any atom is 0.247 e. The molecule has 0 unspecified atom stereocenters. The molecule has 10 heteroatoms. The second-order valence-corrected chi connectivity index (χ2v) is 7.60. The van der Waals surface area contributed by atoms with Crippen molar-refractivity contribution in [3.8, 4) is 0 Å². The van der Waals surface area contributed by atoms with Crippen molar-refractivity contribution in [2.24, 2.45) is 7.05 Å². The maximum absolute atomic E-state index is 11.5. The normalized spacial score (nSPS) is 13.4. The van der Waals surface area contributed by atoms with Crippen molar-refractivity contribution in [1.82, 2.24) is 24.6 Å². The van der Waals surface area contributed by atoms with E-state index in [1.807, 2.05) is 29.9 Å². The summed E-state index contributed by atoms with van der Waals surface area (Å²) in [6.45, 7) is 6.58. The zero-order valence-corrected chi connectivity index (χ0v) is 17.9. The highest BCUT2D eigenvalue weighted by Crippen LogP contribution is 2.26. The van der Waals surface area contributed by atoms with Gasteiger partial charge in [-0.2, -0.15) is 10.1 Å². The molecule has 1 fully saturated rings. The smallest absolute Gasteiger partial charge is 0.247 e. The van der Waals surface area contributed by atoms with Crippen LogP contribution in [0.3, 0.4) is 0 Å². The van der Waals surface area contributed by atoms with Gasteiger partial charge in [0.15, 0.2) is 11.6 Å². The van der Waals surface area contributed by atoms with E-state index in [9.17, 15) is 4.79 Å². The molecule has 9 nitrogen and oxygen atoms in total. The highest BCUT2D eigenvalue weighted by atomic mass is 35.5. The second-order valence-electron chi connectivity index (χ2n) is 7.19. The number of halogens is 1. The van der Waals surface area contributed by atoms with E-state index in [1.54, 1.807) is 12.1 Å². The lowest BCUT2D eigenvalue weighted by atomic mass is 10.2. The van der Waals surface area contributed by atoms with E-state index >= 15 is 0 Å². The van der Waals surface area contributed by atoms with Crippen molar-refractivity contribution >= 4 is 46.5 Å². The van der Waals surface area contributed by atoms with Gasteiger partial charge in [0.05, 0.1) is 11.9 Å². The monoisotopic (exact) mass is 438 g/mol. The summed E-state index contributed by atoms with van der Waals surface area (Å²) in [5.74, 6) is 1.19. The number of carbonyl (C=O) groups excluding carboxylic acids is 1. The minimum atomic E-state index is -0.285. The molecule has 1 aromatic carbocycles. The van der Waals surface area contributed by atoms with Crippen LogP contribution in [0, 0.1) is 0 Å². The number of aryl methyl sites for hydroxylation is 1. The molecule has 0 saturated carbocycles. The summed E-state index contributed by atoms with van der Waals surface area (Å²) in [5, 5.41) is 13.9. The van der Waals surface area contributed by atoms with Crippen molar-refractivity contribution in [2.75, 3.05) is 29.0 Å². The van der Waals surface area contributed by atoms with E-state index in [0.29, 0.717) is 34.0 Å². The molecule has 3 aromatic rings. The number of hydrogen-bond acceptors (Lipinski definition) is 7. The molecule has 160 valence electrons. The van der Waals surface area contributed by atoms with Gasteiger partial charge in [-0.05, 0) is 43.8 Å². The number of nitrogens with zero attached hydrogens (tertiary/aromatic N) is 5. The molecule has 1 saturated heterocycles. The van der Waals surface area contributed by atoms with Crippen molar-refractivity contribution in [1.29, 1.82) is 0 Å². The Labute approximate surface area is 185 Å². The summed E-state index contributed by atoms with van der Waals surface area (Å²) >= 11 is 6.28. The molecule has 31 heavy (non-hydrogen) atoms. The van der Waals surface area contributed by atoms with Gasteiger partial charge in [-0.25, -0.2) is 4.98 Å². The highest BCUT2D eigenvalue weighted by molar-refractivity contribution is 6.32. The Bertz CT molecular complexity index is 1110. The van der Waals surface area contributed by atoms with Crippen LogP contribution in [0.25, 0.3) is 0 Å². The molecular formula is C21H23ClN8O. The molecule has 0 bridgehead atoms. The van der Waals surface area contributed by atoms with Gasteiger partial charge in [-0.15, -0.1) is 0 Å². The zero-order valence-electron chi connectivity index (χ0n) is 17.1. The Balaban J connectivity index is 1.47. The topological polar surface area (TPSA) is 100 Å². The first-order chi connectivity index (χ1) is 15.0. The van der Waals surface area contributed by atoms with Gasteiger partial charge in [0.1, 0.15) is 5.02 Å². The van der Waals surface area contributed by atoms with Crippen molar-refractivity contribution in [3.05, 3.63) is 59.9 Å². The Morgan fingerprint density at radius 2 is 2.06 bits per heavy atom. The third-order valence-electron chi connectivity index (χ3n) is 4.87. The molecule has 0 spiro atoms. The van der Waals surface area contributed by atoms with Crippen molar-refractivity contribution < 1.29 is 4.79 Å². The molecule has 0 radical (unpaired) electrons. The summed E-state index contributed by atoms with van der Waals surface area (Å²) < 4.78 is 1.86. The van der Waals surface area contributed by atoms with Gasteiger partial charge in [-0.3, -0.25) is 14.4 Å². The van der Waals surface area contributed by atoms with Crippen LogP contribution in [0.5, 0.6) is 0 Å². The maximum atomic E-state index is 11.5. The molecule has 4 rings (SSSR count). The van der Waals surface area contributed by atoms with E-state index in [2.05, 4.69) is 42.5 Å². The lowest BCUT2D eigenvalue weighted by Crippen LogP contribution is -2.36. The Kier molecular flexibility index (Phi) is 6.15. The average Bonchev–Trinajstić information content (AvgIpc) is 3.06. The number of nitrogens with one attached hydrogen (secondary N) is 3. The summed E-state index contributed by atoms with van der Waals surface area (Å²) in [4.78, 5) is 22.6. The molecular weight excluding hydrogens is 416 g/mol. The van der Waals surface area contributed by atoms with E-state index in [4.69, 9.17) is 11.6 Å². The molecule has 3 N–H and O–H groups in total. The fourth-order valence-electron chi connectivity index (χ4n) is 3.12. The third-order valence-corrected chi connectivity index (χ3v) is 5.15. The van der Waals surface area contributed by atoms with E-state index in [1.165, 1.54) is 18.7 Å². The first-order valence-electron chi connectivity index (χ1n) is 9.85. The number of amides is 1. The summed E-state index contributed by atoms with van der Waals surface area (Å²) in [7, 11) is 1.92. The van der Waals surface area contributed by atoms with Crippen LogP contribution in [0.1, 0.15) is 12.1 Å². The number of rotatable bonds is 8. The first-order valence-corrected chi connectivity index (χ1v) is 10.2. The van der Waals surface area contributed by atoms with Crippen molar-refractivity contribution in [2.45, 2.75) is 13.0 Å². The first kappa shape index (κ1) is 20.8. The van der Waals surface area contributed by atoms with Crippen LogP contribution < -0.4 is 16.0 Å². The van der Waals surface area contributed by atoms with Crippen LogP contribution >= 0.6 is 11.6 Å². The van der Waals surface area contributed by atoms with Gasteiger partial charge in [0.25, 0.3) is 0 Å². The Morgan fingerprint density at radius 3 is 2.81 bits per heavy atom. The minimum Gasteiger partial charge on any atom is -0.339 e. The minimum absolute atomic E-state index is 0.285. The molecule has 0 atom stereocenters. The van der Waals surface area contributed by atoms with Gasteiger partial charge < -0.3 is 16.0 Å².